The van der Waals surface area contributed by atoms with Crippen molar-refractivity contribution in [1.82, 2.24) is 4.90 Å². The molecule has 2 aliphatic rings. The molecule has 4 heteroatoms. The normalized spacial score (nSPS) is 29.8. The molecule has 1 saturated carbocycles. The first-order chi connectivity index (χ1) is 8.08. The van der Waals surface area contributed by atoms with E-state index in [0.717, 1.165) is 6.54 Å². The largest absolute Gasteiger partial charge is 0.384 e. The van der Waals surface area contributed by atoms with Crippen LogP contribution >= 0.6 is 11.6 Å². The first kappa shape index (κ1) is 11.5. The van der Waals surface area contributed by atoms with Crippen molar-refractivity contribution >= 4 is 11.6 Å². The van der Waals surface area contributed by atoms with E-state index >= 15 is 0 Å². The number of β-amino-alcohol motifs (C(OH)–C–C–N with tert-alkyl or cyclic N) is 1. The number of nitrogens with zero attached hydrogens (tertiary/aromatic N) is 1. The van der Waals surface area contributed by atoms with Crippen LogP contribution in [0, 0.1) is 5.82 Å². The number of likely N-dealkylation sites (tertiary alicyclic amines) is 1. The molecular formula is C13H15ClFNO. The Morgan fingerprint density at radius 2 is 2.18 bits per heavy atom. The zero-order chi connectivity index (χ0) is 12.0. The number of benzene rings is 1. The topological polar surface area (TPSA) is 23.5 Å². The maximum atomic E-state index is 13.8. The molecule has 1 aliphatic carbocycles. The third kappa shape index (κ3) is 2.07. The van der Waals surface area contributed by atoms with E-state index in [1.54, 1.807) is 12.1 Å². The predicted octanol–water partition coefficient (Wildman–Crippen LogP) is 2.53. The van der Waals surface area contributed by atoms with E-state index in [2.05, 4.69) is 4.90 Å². The molecule has 0 bridgehead atoms. The third-order valence-electron chi connectivity index (χ3n) is 3.77. The van der Waals surface area contributed by atoms with E-state index in [4.69, 9.17) is 11.6 Å². The molecule has 1 N–H and O–H groups in total. The smallest absolute Gasteiger partial charge is 0.130 e. The fraction of sp³-hybridized carbons (Fsp3) is 0.538. The fourth-order valence-corrected chi connectivity index (χ4v) is 2.82. The lowest BCUT2D eigenvalue weighted by Crippen LogP contribution is -2.32. The van der Waals surface area contributed by atoms with Crippen LogP contribution in [0.15, 0.2) is 18.2 Å². The standard InChI is InChI=1S/C13H15ClFNO/c14-9-1-4-11(12(15)7-9)13(17)5-6-16(8-13)10-2-3-10/h1,4,7,10,17H,2-3,5-6,8H2. The van der Waals surface area contributed by atoms with E-state index < -0.39 is 11.4 Å². The van der Waals surface area contributed by atoms with Gasteiger partial charge in [-0.25, -0.2) is 4.39 Å². The van der Waals surface area contributed by atoms with E-state index in [1.165, 1.54) is 18.9 Å². The van der Waals surface area contributed by atoms with Crippen LogP contribution in [0.4, 0.5) is 4.39 Å². The van der Waals surface area contributed by atoms with Crippen LogP contribution in [0.25, 0.3) is 0 Å². The number of hydrogen-bond acceptors (Lipinski definition) is 2. The lowest BCUT2D eigenvalue weighted by Gasteiger charge is -2.24. The Bertz CT molecular complexity index is 449. The number of rotatable bonds is 2. The van der Waals surface area contributed by atoms with Gasteiger partial charge in [0.05, 0.1) is 0 Å². The zero-order valence-electron chi connectivity index (χ0n) is 9.50. The molecule has 3 rings (SSSR count). The molecule has 0 amide bonds. The Morgan fingerprint density at radius 3 is 2.82 bits per heavy atom. The Hall–Kier alpha value is -0.640. The van der Waals surface area contributed by atoms with Crippen molar-refractivity contribution in [3.8, 4) is 0 Å². The summed E-state index contributed by atoms with van der Waals surface area (Å²) in [6.07, 6.45) is 3.01. The second-order valence-electron chi connectivity index (χ2n) is 5.11. The summed E-state index contributed by atoms with van der Waals surface area (Å²) in [6, 6.07) is 5.12. The Kier molecular flexibility index (Phi) is 2.65. The van der Waals surface area contributed by atoms with Crippen LogP contribution in [0.2, 0.25) is 5.02 Å². The summed E-state index contributed by atoms with van der Waals surface area (Å²) in [5, 5.41) is 10.9. The van der Waals surface area contributed by atoms with Crippen LogP contribution < -0.4 is 0 Å². The Labute approximate surface area is 105 Å². The lowest BCUT2D eigenvalue weighted by molar-refractivity contribution is 0.0416. The van der Waals surface area contributed by atoms with E-state index in [0.29, 0.717) is 29.6 Å². The molecule has 0 radical (unpaired) electrons. The van der Waals surface area contributed by atoms with Crippen LogP contribution in [0.1, 0.15) is 24.8 Å². The van der Waals surface area contributed by atoms with E-state index in [9.17, 15) is 9.50 Å². The van der Waals surface area contributed by atoms with E-state index in [-0.39, 0.29) is 0 Å². The number of halogens is 2. The minimum atomic E-state index is -1.04. The molecule has 1 aromatic rings. The molecule has 17 heavy (non-hydrogen) atoms. The SMILES string of the molecule is OC1(c2ccc(Cl)cc2F)CCN(C2CC2)C1. The van der Waals surface area contributed by atoms with Crippen molar-refractivity contribution in [1.29, 1.82) is 0 Å². The van der Waals surface area contributed by atoms with Gasteiger partial charge in [0.2, 0.25) is 0 Å². The van der Waals surface area contributed by atoms with Crippen molar-refractivity contribution in [3.63, 3.8) is 0 Å². The summed E-state index contributed by atoms with van der Waals surface area (Å²) in [7, 11) is 0. The summed E-state index contributed by atoms with van der Waals surface area (Å²) < 4.78 is 13.8. The summed E-state index contributed by atoms with van der Waals surface area (Å²) in [6.45, 7) is 1.39. The monoisotopic (exact) mass is 255 g/mol. The third-order valence-corrected chi connectivity index (χ3v) is 4.01. The maximum absolute atomic E-state index is 13.8. The summed E-state index contributed by atoms with van der Waals surface area (Å²) >= 11 is 5.73. The van der Waals surface area contributed by atoms with Crippen molar-refractivity contribution in [2.75, 3.05) is 13.1 Å². The maximum Gasteiger partial charge on any atom is 0.130 e. The fourth-order valence-electron chi connectivity index (χ4n) is 2.66. The van der Waals surface area contributed by atoms with Gasteiger partial charge >= 0.3 is 0 Å². The molecule has 1 aliphatic heterocycles. The zero-order valence-corrected chi connectivity index (χ0v) is 10.3. The number of hydrogen-bond donors (Lipinski definition) is 1. The van der Waals surface area contributed by atoms with Crippen LogP contribution in [0.5, 0.6) is 0 Å². The van der Waals surface area contributed by atoms with Crippen molar-refractivity contribution in [2.45, 2.75) is 30.9 Å². The Balaban J connectivity index is 1.87. The van der Waals surface area contributed by atoms with Crippen molar-refractivity contribution in [2.24, 2.45) is 0 Å². The van der Waals surface area contributed by atoms with Gasteiger partial charge in [0, 0.05) is 29.7 Å². The van der Waals surface area contributed by atoms with Gasteiger partial charge in [-0.15, -0.1) is 0 Å². The molecule has 2 fully saturated rings. The van der Waals surface area contributed by atoms with Gasteiger partial charge in [-0.2, -0.15) is 0 Å². The molecular weight excluding hydrogens is 241 g/mol. The summed E-state index contributed by atoms with van der Waals surface area (Å²) in [4.78, 5) is 2.26. The molecule has 1 heterocycles. The molecule has 0 aromatic heterocycles. The van der Waals surface area contributed by atoms with E-state index in [1.807, 2.05) is 0 Å². The van der Waals surface area contributed by atoms with Gasteiger partial charge in [-0.3, -0.25) is 4.90 Å². The minimum absolute atomic E-state index is 0.367. The van der Waals surface area contributed by atoms with Gasteiger partial charge in [0.25, 0.3) is 0 Å². The first-order valence-electron chi connectivity index (χ1n) is 6.00. The quantitative estimate of drug-likeness (QED) is 0.878. The van der Waals surface area contributed by atoms with Crippen LogP contribution in [-0.4, -0.2) is 29.1 Å². The molecule has 0 spiro atoms. The second kappa shape index (κ2) is 3.94. The highest BCUT2D eigenvalue weighted by Gasteiger charge is 2.44. The molecule has 92 valence electrons. The van der Waals surface area contributed by atoms with Gasteiger partial charge in [-0.1, -0.05) is 17.7 Å². The highest BCUT2D eigenvalue weighted by Crippen LogP contribution is 2.39. The lowest BCUT2D eigenvalue weighted by atomic mass is 9.92. The van der Waals surface area contributed by atoms with Crippen molar-refractivity contribution in [3.05, 3.63) is 34.6 Å². The first-order valence-corrected chi connectivity index (χ1v) is 6.38. The minimum Gasteiger partial charge on any atom is -0.384 e. The molecule has 1 saturated heterocycles. The second-order valence-corrected chi connectivity index (χ2v) is 5.54. The van der Waals surface area contributed by atoms with Crippen LogP contribution in [0.3, 0.4) is 0 Å². The van der Waals surface area contributed by atoms with Gasteiger partial charge in [-0.05, 0) is 31.4 Å². The molecule has 1 atom stereocenters. The average Bonchev–Trinajstić information content (AvgIpc) is 3.03. The average molecular weight is 256 g/mol. The summed E-state index contributed by atoms with van der Waals surface area (Å²) in [5.74, 6) is -0.405. The Morgan fingerprint density at radius 1 is 1.41 bits per heavy atom. The molecule has 2 nitrogen and oxygen atoms in total. The van der Waals surface area contributed by atoms with Gasteiger partial charge in [0.1, 0.15) is 11.4 Å². The molecule has 1 aromatic carbocycles. The highest BCUT2D eigenvalue weighted by atomic mass is 35.5. The van der Waals surface area contributed by atoms with Gasteiger partial charge in [0.15, 0.2) is 0 Å². The van der Waals surface area contributed by atoms with Crippen LogP contribution in [-0.2, 0) is 5.60 Å². The molecule has 1 unspecified atom stereocenters. The van der Waals surface area contributed by atoms with Crippen molar-refractivity contribution < 1.29 is 9.50 Å². The number of aliphatic hydroxyl groups is 1. The predicted molar refractivity (Wildman–Crippen MR) is 64.5 cm³/mol. The summed E-state index contributed by atoms with van der Waals surface area (Å²) in [5.41, 5.74) is -0.665. The highest BCUT2D eigenvalue weighted by molar-refractivity contribution is 6.30. The van der Waals surface area contributed by atoms with Gasteiger partial charge < -0.3 is 5.11 Å².